The highest BCUT2D eigenvalue weighted by molar-refractivity contribution is 5.35. The van der Waals surface area contributed by atoms with Crippen LogP contribution in [0.4, 0.5) is 5.82 Å². The minimum absolute atomic E-state index is 0.0818. The number of pyridine rings is 2. The molecule has 0 unspecified atom stereocenters. The van der Waals surface area contributed by atoms with Crippen molar-refractivity contribution in [1.82, 2.24) is 9.55 Å². The molecule has 0 saturated heterocycles. The molecule has 2 heterocycles. The molecule has 0 bridgehead atoms. The van der Waals surface area contributed by atoms with Gasteiger partial charge in [-0.3, -0.25) is 4.79 Å². The van der Waals surface area contributed by atoms with Gasteiger partial charge in [0.15, 0.2) is 0 Å². The van der Waals surface area contributed by atoms with Gasteiger partial charge in [0.05, 0.1) is 6.54 Å². The van der Waals surface area contributed by atoms with Crippen LogP contribution < -0.4 is 10.9 Å². The summed E-state index contributed by atoms with van der Waals surface area (Å²) in [7, 11) is 1.84. The van der Waals surface area contributed by atoms with E-state index in [1.807, 2.05) is 36.0 Å². The smallest absolute Gasteiger partial charge is 0.251 e. The minimum Gasteiger partial charge on any atom is -0.373 e. The summed E-state index contributed by atoms with van der Waals surface area (Å²) in [4.78, 5) is 16.3. The van der Waals surface area contributed by atoms with Gasteiger partial charge in [0, 0.05) is 25.0 Å². The molecule has 0 amide bonds. The largest absolute Gasteiger partial charge is 0.373 e. The summed E-state index contributed by atoms with van der Waals surface area (Å²) < 4.78 is 1.89. The Kier molecular flexibility index (Phi) is 3.07. The third-order valence-electron chi connectivity index (χ3n) is 3.67. The molecule has 2 aromatic heterocycles. The van der Waals surface area contributed by atoms with Crippen LogP contribution in [0.15, 0.2) is 35.3 Å². The number of nitrogens with one attached hydrogen (secondary N) is 1. The molecule has 1 aliphatic carbocycles. The molecule has 0 spiro atoms. The van der Waals surface area contributed by atoms with Gasteiger partial charge < -0.3 is 9.88 Å². The number of nitrogens with zero attached hydrogens (tertiary/aromatic N) is 2. The van der Waals surface area contributed by atoms with Gasteiger partial charge in [0.1, 0.15) is 5.82 Å². The molecule has 0 fully saturated rings. The molecule has 0 radical (unpaired) electrons. The van der Waals surface area contributed by atoms with Crippen molar-refractivity contribution in [2.75, 3.05) is 12.4 Å². The van der Waals surface area contributed by atoms with E-state index in [1.165, 1.54) is 11.3 Å². The Hall–Kier alpha value is -2.10. The van der Waals surface area contributed by atoms with Crippen LogP contribution in [-0.2, 0) is 19.4 Å². The molecule has 1 N–H and O–H groups in total. The number of hydrogen-bond acceptors (Lipinski definition) is 3. The first-order chi connectivity index (χ1) is 9.28. The van der Waals surface area contributed by atoms with Gasteiger partial charge >= 0.3 is 0 Å². The van der Waals surface area contributed by atoms with Crippen molar-refractivity contribution in [3.05, 3.63) is 57.6 Å². The van der Waals surface area contributed by atoms with Gasteiger partial charge in [0.25, 0.3) is 5.56 Å². The maximum atomic E-state index is 12.0. The lowest BCUT2D eigenvalue weighted by molar-refractivity contribution is 0.705. The van der Waals surface area contributed by atoms with Crippen LogP contribution in [0.5, 0.6) is 0 Å². The average Bonchev–Trinajstić information content (AvgIpc) is 2.91. The van der Waals surface area contributed by atoms with Crippen LogP contribution in [0.2, 0.25) is 0 Å². The Bertz CT molecular complexity index is 643. The lowest BCUT2D eigenvalue weighted by Crippen LogP contribution is -2.23. The summed E-state index contributed by atoms with van der Waals surface area (Å²) in [6.45, 7) is 0.610. The van der Waals surface area contributed by atoms with Crippen LogP contribution in [0, 0.1) is 0 Å². The van der Waals surface area contributed by atoms with Crippen LogP contribution in [0.1, 0.15) is 23.2 Å². The monoisotopic (exact) mass is 255 g/mol. The predicted molar refractivity (Wildman–Crippen MR) is 75.6 cm³/mol. The van der Waals surface area contributed by atoms with Gasteiger partial charge in [-0.15, -0.1) is 0 Å². The molecule has 4 nitrogen and oxygen atoms in total. The lowest BCUT2D eigenvalue weighted by Gasteiger charge is -2.12. The first-order valence-electron chi connectivity index (χ1n) is 6.62. The normalized spacial score (nSPS) is 13.3. The Morgan fingerprint density at radius 1 is 1.26 bits per heavy atom. The predicted octanol–water partition coefficient (Wildman–Crippen LogP) is 1.82. The first-order valence-corrected chi connectivity index (χ1v) is 6.62. The van der Waals surface area contributed by atoms with Gasteiger partial charge in [-0.2, -0.15) is 0 Å². The standard InChI is InChI=1S/C15H17N3O/c1-16-14-7-5-11(9-17-14)10-18-13-4-2-3-12(13)6-8-15(18)19/h5-9H,2-4,10H2,1H3,(H,16,17). The third kappa shape index (κ3) is 2.26. The van der Waals surface area contributed by atoms with E-state index in [9.17, 15) is 4.79 Å². The van der Waals surface area contributed by atoms with E-state index in [4.69, 9.17) is 0 Å². The third-order valence-corrected chi connectivity index (χ3v) is 3.67. The second kappa shape index (κ2) is 4.88. The summed E-state index contributed by atoms with van der Waals surface area (Å²) in [6.07, 6.45) is 5.07. The number of rotatable bonds is 3. The first kappa shape index (κ1) is 12.0. The number of hydrogen-bond donors (Lipinski definition) is 1. The van der Waals surface area contributed by atoms with E-state index < -0.39 is 0 Å². The zero-order valence-corrected chi connectivity index (χ0v) is 11.0. The highest BCUT2D eigenvalue weighted by Gasteiger charge is 2.15. The zero-order chi connectivity index (χ0) is 13.2. The molecule has 2 aromatic rings. The molecule has 0 atom stereocenters. The molecule has 1 aliphatic rings. The highest BCUT2D eigenvalue weighted by atomic mass is 16.1. The summed E-state index contributed by atoms with van der Waals surface area (Å²) in [5.74, 6) is 0.842. The molecule has 0 aliphatic heterocycles. The molecule has 0 saturated carbocycles. The van der Waals surface area contributed by atoms with Crippen molar-refractivity contribution in [2.45, 2.75) is 25.8 Å². The molecular formula is C15H17N3O. The summed E-state index contributed by atoms with van der Waals surface area (Å²) in [5, 5.41) is 2.99. The molecule has 4 heteroatoms. The van der Waals surface area contributed by atoms with Crippen molar-refractivity contribution in [1.29, 1.82) is 0 Å². The number of aryl methyl sites for hydroxylation is 1. The average molecular weight is 255 g/mol. The number of aromatic nitrogens is 2. The molecule has 98 valence electrons. The maximum Gasteiger partial charge on any atom is 0.251 e. The van der Waals surface area contributed by atoms with Crippen LogP contribution in [0.25, 0.3) is 0 Å². The van der Waals surface area contributed by atoms with E-state index in [0.717, 1.165) is 30.6 Å². The fraction of sp³-hybridized carbons (Fsp3) is 0.333. The van der Waals surface area contributed by atoms with Crippen molar-refractivity contribution in [3.8, 4) is 0 Å². The van der Waals surface area contributed by atoms with Crippen molar-refractivity contribution < 1.29 is 0 Å². The topological polar surface area (TPSA) is 46.9 Å². The minimum atomic E-state index is 0.0818. The summed E-state index contributed by atoms with van der Waals surface area (Å²) >= 11 is 0. The molecule has 0 aromatic carbocycles. The van der Waals surface area contributed by atoms with Crippen LogP contribution in [0.3, 0.4) is 0 Å². The lowest BCUT2D eigenvalue weighted by atomic mass is 10.2. The summed E-state index contributed by atoms with van der Waals surface area (Å²) in [5.41, 5.74) is 3.66. The van der Waals surface area contributed by atoms with E-state index >= 15 is 0 Å². The van der Waals surface area contributed by atoms with Crippen LogP contribution in [-0.4, -0.2) is 16.6 Å². The van der Waals surface area contributed by atoms with Gasteiger partial charge in [-0.25, -0.2) is 4.98 Å². The molecule has 3 rings (SSSR count). The second-order valence-electron chi connectivity index (χ2n) is 4.88. The van der Waals surface area contributed by atoms with E-state index in [0.29, 0.717) is 6.54 Å². The van der Waals surface area contributed by atoms with Crippen molar-refractivity contribution in [3.63, 3.8) is 0 Å². The second-order valence-corrected chi connectivity index (χ2v) is 4.88. The van der Waals surface area contributed by atoms with E-state index in [1.54, 1.807) is 6.07 Å². The van der Waals surface area contributed by atoms with Gasteiger partial charge in [-0.1, -0.05) is 12.1 Å². The highest BCUT2D eigenvalue weighted by Crippen LogP contribution is 2.20. The fourth-order valence-electron chi connectivity index (χ4n) is 2.66. The van der Waals surface area contributed by atoms with Crippen molar-refractivity contribution >= 4 is 5.82 Å². The zero-order valence-electron chi connectivity index (χ0n) is 11.0. The Balaban J connectivity index is 1.94. The Morgan fingerprint density at radius 3 is 2.89 bits per heavy atom. The van der Waals surface area contributed by atoms with Crippen molar-refractivity contribution in [2.24, 2.45) is 0 Å². The SMILES string of the molecule is CNc1ccc(Cn2c3c(ccc2=O)CCC3)cn1. The molecular weight excluding hydrogens is 238 g/mol. The van der Waals surface area contributed by atoms with Crippen LogP contribution >= 0.6 is 0 Å². The fourth-order valence-corrected chi connectivity index (χ4v) is 2.66. The van der Waals surface area contributed by atoms with E-state index in [-0.39, 0.29) is 5.56 Å². The number of anilines is 1. The Labute approximate surface area is 112 Å². The Morgan fingerprint density at radius 2 is 2.16 bits per heavy atom. The quantitative estimate of drug-likeness (QED) is 0.910. The van der Waals surface area contributed by atoms with E-state index in [2.05, 4.69) is 10.3 Å². The number of fused-ring (bicyclic) bond motifs is 1. The summed E-state index contributed by atoms with van der Waals surface area (Å²) in [6, 6.07) is 7.60. The maximum absolute atomic E-state index is 12.0. The van der Waals surface area contributed by atoms with Gasteiger partial charge in [-0.05, 0) is 36.5 Å². The molecule has 19 heavy (non-hydrogen) atoms. The van der Waals surface area contributed by atoms with Gasteiger partial charge in [0.2, 0.25) is 0 Å².